The Labute approximate surface area is 157 Å². The lowest BCUT2D eigenvalue weighted by Gasteiger charge is -2.41. The first-order chi connectivity index (χ1) is 13.0. The van der Waals surface area contributed by atoms with Crippen LogP contribution in [-0.4, -0.2) is 50.9 Å². The Hall–Kier alpha value is -2.83. The van der Waals surface area contributed by atoms with Crippen molar-refractivity contribution in [3.05, 3.63) is 47.3 Å². The summed E-state index contributed by atoms with van der Waals surface area (Å²) < 4.78 is 7.83. The smallest absolute Gasteiger partial charge is 0.335 e. The van der Waals surface area contributed by atoms with Crippen molar-refractivity contribution in [1.82, 2.24) is 14.7 Å². The maximum absolute atomic E-state index is 12.8. The van der Waals surface area contributed by atoms with Gasteiger partial charge in [-0.25, -0.2) is 4.79 Å². The summed E-state index contributed by atoms with van der Waals surface area (Å²) in [6.07, 6.45) is 4.45. The molecule has 7 heteroatoms. The summed E-state index contributed by atoms with van der Waals surface area (Å²) in [4.78, 5) is 25.5. The first kappa shape index (κ1) is 17.6. The molecule has 1 amide bonds. The fourth-order valence-corrected chi connectivity index (χ4v) is 3.86. The Morgan fingerprint density at radius 2 is 2.00 bits per heavy atom. The highest BCUT2D eigenvalue weighted by molar-refractivity contribution is 5.87. The topological polar surface area (TPSA) is 84.7 Å². The van der Waals surface area contributed by atoms with Crippen LogP contribution in [0.1, 0.15) is 35.0 Å². The number of rotatable bonds is 5. The van der Waals surface area contributed by atoms with Gasteiger partial charge in [0.25, 0.3) is 0 Å². The molecule has 142 valence electrons. The van der Waals surface area contributed by atoms with Gasteiger partial charge in [-0.2, -0.15) is 5.10 Å². The van der Waals surface area contributed by atoms with Gasteiger partial charge >= 0.3 is 5.97 Å². The molecule has 1 aliphatic heterocycles. The molecule has 1 aliphatic carbocycles. The number of aromatic nitrogens is 2. The van der Waals surface area contributed by atoms with Crippen LogP contribution in [0.2, 0.25) is 0 Å². The summed E-state index contributed by atoms with van der Waals surface area (Å²) in [5.74, 6) is -0.103. The van der Waals surface area contributed by atoms with E-state index in [1.54, 1.807) is 12.1 Å². The molecule has 1 unspecified atom stereocenters. The second-order valence-electron chi connectivity index (χ2n) is 7.18. The molecule has 1 saturated heterocycles. The van der Waals surface area contributed by atoms with E-state index in [4.69, 9.17) is 9.84 Å². The monoisotopic (exact) mass is 369 g/mol. The molecule has 2 heterocycles. The highest BCUT2D eigenvalue weighted by atomic mass is 16.5. The van der Waals surface area contributed by atoms with Crippen LogP contribution in [-0.2, 0) is 24.2 Å². The van der Waals surface area contributed by atoms with Crippen molar-refractivity contribution in [1.29, 1.82) is 0 Å². The van der Waals surface area contributed by atoms with Crippen molar-refractivity contribution >= 4 is 11.9 Å². The summed E-state index contributed by atoms with van der Waals surface area (Å²) >= 11 is 0. The van der Waals surface area contributed by atoms with Crippen LogP contribution >= 0.6 is 0 Å². The predicted octanol–water partition coefficient (Wildman–Crippen LogP) is 2.00. The Balaban J connectivity index is 1.30. The Kier molecular flexibility index (Phi) is 4.59. The first-order valence-electron chi connectivity index (χ1n) is 9.37. The van der Waals surface area contributed by atoms with Crippen molar-refractivity contribution in [3.63, 3.8) is 0 Å². The number of aromatic carboxylic acids is 1. The average Bonchev–Trinajstić information content (AvgIpc) is 3.06. The first-order valence-corrected chi connectivity index (χ1v) is 9.37. The molecule has 0 saturated carbocycles. The van der Waals surface area contributed by atoms with Crippen LogP contribution in [0, 0.1) is 5.92 Å². The van der Waals surface area contributed by atoms with Crippen LogP contribution < -0.4 is 4.74 Å². The molecule has 1 N–H and O–H groups in total. The van der Waals surface area contributed by atoms with Gasteiger partial charge in [0.2, 0.25) is 5.91 Å². The fraction of sp³-hybridized carbons (Fsp3) is 0.450. The lowest BCUT2D eigenvalue weighted by atomic mass is 9.86. The van der Waals surface area contributed by atoms with Gasteiger partial charge in [-0.15, -0.1) is 0 Å². The molecule has 0 bridgehead atoms. The number of nitrogens with zero attached hydrogens (tertiary/aromatic N) is 3. The Morgan fingerprint density at radius 3 is 2.67 bits per heavy atom. The summed E-state index contributed by atoms with van der Waals surface area (Å²) in [5, 5.41) is 13.3. The molecule has 0 radical (unpaired) electrons. The fourth-order valence-electron chi connectivity index (χ4n) is 3.86. The number of carbonyl (C=O) groups excluding carboxylic acids is 1. The molecule has 7 nitrogen and oxygen atoms in total. The van der Waals surface area contributed by atoms with E-state index >= 15 is 0 Å². The SMILES string of the molecule is CCn1ncc2c1CC(C(=O)N1CC(Oc3ccc(C(=O)O)cc3)C1)CC2. The van der Waals surface area contributed by atoms with Crippen molar-refractivity contribution in [2.24, 2.45) is 5.92 Å². The predicted molar refractivity (Wildman–Crippen MR) is 97.8 cm³/mol. The highest BCUT2D eigenvalue weighted by Crippen LogP contribution is 2.29. The maximum atomic E-state index is 12.8. The summed E-state index contributed by atoms with van der Waals surface area (Å²) in [6.45, 7) is 4.06. The number of fused-ring (bicyclic) bond motifs is 1. The molecule has 1 atom stereocenters. The summed E-state index contributed by atoms with van der Waals surface area (Å²) in [5.41, 5.74) is 2.71. The van der Waals surface area contributed by atoms with Crippen LogP contribution in [0.15, 0.2) is 30.5 Å². The minimum atomic E-state index is -0.956. The lowest BCUT2D eigenvalue weighted by molar-refractivity contribution is -0.144. The second-order valence-corrected chi connectivity index (χ2v) is 7.18. The number of benzene rings is 1. The average molecular weight is 369 g/mol. The van der Waals surface area contributed by atoms with E-state index in [0.717, 1.165) is 25.8 Å². The molecule has 4 rings (SSSR count). The number of carboxylic acid groups (broad SMARTS) is 1. The quantitative estimate of drug-likeness (QED) is 0.871. The minimum Gasteiger partial charge on any atom is -0.487 e. The number of aryl methyl sites for hydroxylation is 2. The number of carboxylic acids is 1. The van der Waals surface area contributed by atoms with E-state index in [2.05, 4.69) is 12.0 Å². The van der Waals surface area contributed by atoms with Gasteiger partial charge in [0, 0.05) is 24.6 Å². The number of hydrogen-bond donors (Lipinski definition) is 1. The summed E-state index contributed by atoms with van der Waals surface area (Å²) in [7, 11) is 0. The molecule has 2 aromatic rings. The van der Waals surface area contributed by atoms with Crippen molar-refractivity contribution in [2.45, 2.75) is 38.8 Å². The molecule has 27 heavy (non-hydrogen) atoms. The Morgan fingerprint density at radius 1 is 1.26 bits per heavy atom. The molecular formula is C20H23N3O4. The number of ether oxygens (including phenoxy) is 1. The van der Waals surface area contributed by atoms with Gasteiger partial charge in [-0.3, -0.25) is 9.48 Å². The second kappa shape index (κ2) is 7.06. The van der Waals surface area contributed by atoms with Crippen LogP contribution in [0.4, 0.5) is 0 Å². The molecule has 1 aromatic heterocycles. The standard InChI is InChI=1S/C20H23N3O4/c1-2-23-18-9-14(3-4-15(18)10-21-23)19(24)22-11-17(12-22)27-16-7-5-13(6-8-16)20(25)26/h5-8,10,14,17H,2-4,9,11-12H2,1H3,(H,25,26). The van der Waals surface area contributed by atoms with Gasteiger partial charge in [0.1, 0.15) is 11.9 Å². The van der Waals surface area contributed by atoms with E-state index in [0.29, 0.717) is 18.8 Å². The van der Waals surface area contributed by atoms with Crippen molar-refractivity contribution in [2.75, 3.05) is 13.1 Å². The zero-order valence-electron chi connectivity index (χ0n) is 15.3. The third kappa shape index (κ3) is 3.41. The number of amides is 1. The summed E-state index contributed by atoms with van der Waals surface area (Å²) in [6, 6.07) is 6.36. The van der Waals surface area contributed by atoms with Gasteiger partial charge in [0.05, 0.1) is 24.8 Å². The van der Waals surface area contributed by atoms with Gasteiger partial charge in [-0.1, -0.05) is 0 Å². The van der Waals surface area contributed by atoms with Crippen molar-refractivity contribution in [3.8, 4) is 5.75 Å². The number of carbonyl (C=O) groups is 2. The third-order valence-corrected chi connectivity index (χ3v) is 5.45. The lowest BCUT2D eigenvalue weighted by Crippen LogP contribution is -2.58. The highest BCUT2D eigenvalue weighted by Gasteiger charge is 2.37. The molecular weight excluding hydrogens is 346 g/mol. The zero-order valence-corrected chi connectivity index (χ0v) is 15.3. The number of hydrogen-bond acceptors (Lipinski definition) is 4. The van der Waals surface area contributed by atoms with Crippen LogP contribution in [0.25, 0.3) is 0 Å². The van der Waals surface area contributed by atoms with E-state index in [1.165, 1.54) is 23.4 Å². The minimum absolute atomic E-state index is 0.0234. The van der Waals surface area contributed by atoms with Crippen LogP contribution in [0.3, 0.4) is 0 Å². The van der Waals surface area contributed by atoms with Crippen molar-refractivity contribution < 1.29 is 19.4 Å². The van der Waals surface area contributed by atoms with E-state index in [1.807, 2.05) is 15.8 Å². The molecule has 1 fully saturated rings. The molecule has 0 spiro atoms. The number of likely N-dealkylation sites (tertiary alicyclic amines) is 1. The normalized spacial score (nSPS) is 19.3. The van der Waals surface area contributed by atoms with E-state index in [-0.39, 0.29) is 23.5 Å². The maximum Gasteiger partial charge on any atom is 0.335 e. The van der Waals surface area contributed by atoms with E-state index < -0.39 is 5.97 Å². The van der Waals surface area contributed by atoms with Gasteiger partial charge in [-0.05, 0) is 49.6 Å². The van der Waals surface area contributed by atoms with Gasteiger partial charge < -0.3 is 14.7 Å². The molecule has 1 aromatic carbocycles. The largest absolute Gasteiger partial charge is 0.487 e. The Bertz CT molecular complexity index is 839. The third-order valence-electron chi connectivity index (χ3n) is 5.45. The van der Waals surface area contributed by atoms with Gasteiger partial charge in [0.15, 0.2) is 0 Å². The molecule has 2 aliphatic rings. The zero-order chi connectivity index (χ0) is 19.0. The van der Waals surface area contributed by atoms with E-state index in [9.17, 15) is 9.59 Å². The van der Waals surface area contributed by atoms with Crippen LogP contribution in [0.5, 0.6) is 5.75 Å².